The predicted octanol–water partition coefficient (Wildman–Crippen LogP) is 5.40. The van der Waals surface area contributed by atoms with Crippen LogP contribution in [0.5, 0.6) is 11.5 Å². The molecule has 0 saturated carbocycles. The number of carbonyl (C=O) groups excluding carboxylic acids is 1. The molecule has 1 amide bonds. The van der Waals surface area contributed by atoms with Gasteiger partial charge in [0.2, 0.25) is 5.91 Å². The topological polar surface area (TPSA) is 29.5 Å². The van der Waals surface area contributed by atoms with Crippen molar-refractivity contribution in [1.82, 2.24) is 0 Å². The summed E-state index contributed by atoms with van der Waals surface area (Å²) >= 11 is 1.50. The van der Waals surface area contributed by atoms with E-state index in [0.717, 1.165) is 17.0 Å². The number of ether oxygens (including phenoxy) is 1. The summed E-state index contributed by atoms with van der Waals surface area (Å²) in [5.41, 5.74) is 1.56. The third kappa shape index (κ3) is 3.44. The van der Waals surface area contributed by atoms with Gasteiger partial charge in [0.25, 0.3) is 0 Å². The second-order valence-electron chi connectivity index (χ2n) is 5.89. The molecule has 1 unspecified atom stereocenters. The zero-order chi connectivity index (χ0) is 17.9. The average Bonchev–Trinajstić information content (AvgIpc) is 3.05. The Kier molecular flexibility index (Phi) is 4.63. The van der Waals surface area contributed by atoms with Crippen molar-refractivity contribution < 1.29 is 13.9 Å². The van der Waals surface area contributed by atoms with Crippen LogP contribution in [-0.2, 0) is 4.79 Å². The number of hydrogen-bond donors (Lipinski definition) is 0. The van der Waals surface area contributed by atoms with Gasteiger partial charge in [-0.25, -0.2) is 4.39 Å². The molecular weight excluding hydrogens is 349 g/mol. The van der Waals surface area contributed by atoms with Gasteiger partial charge in [0.05, 0.1) is 5.75 Å². The van der Waals surface area contributed by atoms with Crippen LogP contribution in [0.2, 0.25) is 0 Å². The van der Waals surface area contributed by atoms with E-state index in [9.17, 15) is 9.18 Å². The van der Waals surface area contributed by atoms with Crippen LogP contribution in [0.25, 0.3) is 0 Å². The van der Waals surface area contributed by atoms with Gasteiger partial charge in [-0.3, -0.25) is 9.69 Å². The number of halogens is 1. The Labute approximate surface area is 155 Å². The molecule has 5 heteroatoms. The Balaban J connectivity index is 1.58. The molecule has 1 aliphatic rings. The van der Waals surface area contributed by atoms with Crippen molar-refractivity contribution in [2.75, 3.05) is 10.7 Å². The van der Waals surface area contributed by atoms with Gasteiger partial charge in [0.1, 0.15) is 22.7 Å². The normalized spacial score (nSPS) is 16.7. The van der Waals surface area contributed by atoms with Gasteiger partial charge in [0, 0.05) is 5.69 Å². The van der Waals surface area contributed by atoms with Crippen LogP contribution in [0.4, 0.5) is 10.1 Å². The predicted molar refractivity (Wildman–Crippen MR) is 102 cm³/mol. The summed E-state index contributed by atoms with van der Waals surface area (Å²) in [4.78, 5) is 14.1. The standard InChI is InChI=1S/C21H16FNO2S/c22-16-6-4-5-15(13-16)21-23(20(24)14-26-21)17-9-11-19(12-10-17)25-18-7-2-1-3-8-18/h1-13,21H,14H2. The zero-order valence-corrected chi connectivity index (χ0v) is 14.7. The van der Waals surface area contributed by atoms with E-state index >= 15 is 0 Å². The van der Waals surface area contributed by atoms with E-state index in [1.165, 1.54) is 23.9 Å². The van der Waals surface area contributed by atoms with Crippen LogP contribution < -0.4 is 9.64 Å². The van der Waals surface area contributed by atoms with Gasteiger partial charge in [-0.1, -0.05) is 30.3 Å². The summed E-state index contributed by atoms with van der Waals surface area (Å²) in [6.07, 6.45) is 0. The van der Waals surface area contributed by atoms with Gasteiger partial charge in [-0.2, -0.15) is 0 Å². The summed E-state index contributed by atoms with van der Waals surface area (Å²) in [6.45, 7) is 0. The molecular formula is C21H16FNO2S. The molecule has 26 heavy (non-hydrogen) atoms. The fourth-order valence-corrected chi connectivity index (χ4v) is 4.08. The second-order valence-corrected chi connectivity index (χ2v) is 6.96. The molecule has 130 valence electrons. The third-order valence-corrected chi connectivity index (χ3v) is 5.31. The second kappa shape index (κ2) is 7.22. The largest absolute Gasteiger partial charge is 0.457 e. The molecule has 3 nitrogen and oxygen atoms in total. The number of rotatable bonds is 4. The van der Waals surface area contributed by atoms with E-state index in [1.54, 1.807) is 11.0 Å². The van der Waals surface area contributed by atoms with Crippen molar-refractivity contribution in [3.8, 4) is 11.5 Å². The fraction of sp³-hybridized carbons (Fsp3) is 0.0952. The third-order valence-electron chi connectivity index (χ3n) is 4.10. The first-order valence-corrected chi connectivity index (χ1v) is 9.28. The molecule has 0 aromatic heterocycles. The minimum Gasteiger partial charge on any atom is -0.457 e. The molecule has 3 aromatic rings. The monoisotopic (exact) mass is 365 g/mol. The number of anilines is 1. The van der Waals surface area contributed by atoms with Crippen molar-refractivity contribution in [1.29, 1.82) is 0 Å². The Hall–Kier alpha value is -2.79. The molecule has 1 fully saturated rings. The Morgan fingerprint density at radius 2 is 1.65 bits per heavy atom. The number of thioether (sulfide) groups is 1. The molecule has 3 aromatic carbocycles. The number of nitrogens with zero attached hydrogens (tertiary/aromatic N) is 1. The lowest BCUT2D eigenvalue weighted by molar-refractivity contribution is -0.115. The van der Waals surface area contributed by atoms with Gasteiger partial charge in [-0.05, 0) is 54.1 Å². The molecule has 1 aliphatic heterocycles. The number of carbonyl (C=O) groups is 1. The molecule has 0 bridgehead atoms. The van der Waals surface area contributed by atoms with Gasteiger partial charge in [0.15, 0.2) is 0 Å². The van der Waals surface area contributed by atoms with Gasteiger partial charge < -0.3 is 4.74 Å². The Bertz CT molecular complexity index is 915. The first-order chi connectivity index (χ1) is 12.7. The SMILES string of the molecule is O=C1CSC(c2cccc(F)c2)N1c1ccc(Oc2ccccc2)cc1. The van der Waals surface area contributed by atoms with E-state index in [4.69, 9.17) is 4.74 Å². The summed E-state index contributed by atoms with van der Waals surface area (Å²) in [5.74, 6) is 1.55. The first kappa shape index (κ1) is 16.7. The van der Waals surface area contributed by atoms with E-state index in [-0.39, 0.29) is 17.1 Å². The molecule has 1 saturated heterocycles. The molecule has 1 heterocycles. The molecule has 0 spiro atoms. The molecule has 0 N–H and O–H groups in total. The maximum atomic E-state index is 13.6. The minimum atomic E-state index is -0.297. The quantitative estimate of drug-likeness (QED) is 0.620. The average molecular weight is 365 g/mol. The lowest BCUT2D eigenvalue weighted by Gasteiger charge is -2.24. The minimum absolute atomic E-state index is 0.0148. The lowest BCUT2D eigenvalue weighted by atomic mass is 10.2. The number of para-hydroxylation sites is 1. The molecule has 1 atom stereocenters. The highest BCUT2D eigenvalue weighted by Gasteiger charge is 2.34. The zero-order valence-electron chi connectivity index (χ0n) is 13.8. The van der Waals surface area contributed by atoms with Gasteiger partial charge in [-0.15, -0.1) is 11.8 Å². The highest BCUT2D eigenvalue weighted by atomic mass is 32.2. The number of amides is 1. The fourth-order valence-electron chi connectivity index (χ4n) is 2.91. The highest BCUT2D eigenvalue weighted by molar-refractivity contribution is 8.00. The summed E-state index contributed by atoms with van der Waals surface area (Å²) < 4.78 is 19.4. The molecule has 0 radical (unpaired) electrons. The van der Waals surface area contributed by atoms with Crippen molar-refractivity contribution >= 4 is 23.4 Å². The summed E-state index contributed by atoms with van der Waals surface area (Å²) in [5, 5.41) is -0.223. The maximum Gasteiger partial charge on any atom is 0.238 e. The lowest BCUT2D eigenvalue weighted by Crippen LogP contribution is -2.27. The van der Waals surface area contributed by atoms with Crippen LogP contribution in [0.15, 0.2) is 78.9 Å². The van der Waals surface area contributed by atoms with Crippen LogP contribution >= 0.6 is 11.8 Å². The van der Waals surface area contributed by atoms with Crippen molar-refractivity contribution in [2.45, 2.75) is 5.37 Å². The smallest absolute Gasteiger partial charge is 0.238 e. The number of hydrogen-bond acceptors (Lipinski definition) is 3. The van der Waals surface area contributed by atoms with E-state index < -0.39 is 0 Å². The van der Waals surface area contributed by atoms with Gasteiger partial charge >= 0.3 is 0 Å². The Morgan fingerprint density at radius 3 is 2.38 bits per heavy atom. The van der Waals surface area contributed by atoms with Crippen LogP contribution in [-0.4, -0.2) is 11.7 Å². The van der Waals surface area contributed by atoms with E-state index in [2.05, 4.69) is 0 Å². The summed E-state index contributed by atoms with van der Waals surface area (Å²) in [7, 11) is 0. The molecule has 4 rings (SSSR count). The van der Waals surface area contributed by atoms with Crippen LogP contribution in [0, 0.1) is 5.82 Å². The highest BCUT2D eigenvalue weighted by Crippen LogP contribution is 2.42. The maximum absolute atomic E-state index is 13.6. The van der Waals surface area contributed by atoms with Crippen LogP contribution in [0.1, 0.15) is 10.9 Å². The summed E-state index contributed by atoms with van der Waals surface area (Å²) in [6, 6.07) is 23.3. The van der Waals surface area contributed by atoms with Crippen molar-refractivity contribution in [2.24, 2.45) is 0 Å². The Morgan fingerprint density at radius 1 is 0.923 bits per heavy atom. The first-order valence-electron chi connectivity index (χ1n) is 8.23. The van der Waals surface area contributed by atoms with E-state index in [1.807, 2.05) is 60.7 Å². The van der Waals surface area contributed by atoms with E-state index in [0.29, 0.717) is 11.5 Å². The van der Waals surface area contributed by atoms with Crippen molar-refractivity contribution in [3.05, 3.63) is 90.2 Å². The van der Waals surface area contributed by atoms with Crippen LogP contribution in [0.3, 0.4) is 0 Å². The van der Waals surface area contributed by atoms with Crippen molar-refractivity contribution in [3.63, 3.8) is 0 Å². The number of benzene rings is 3. The molecule has 0 aliphatic carbocycles.